The molecule has 2 saturated heterocycles. The predicted octanol–water partition coefficient (Wildman–Crippen LogP) is 8.62. The number of urea groups is 2. The quantitative estimate of drug-likeness (QED) is 0.108. The van der Waals surface area contributed by atoms with E-state index in [4.69, 9.17) is 0 Å². The fraction of sp³-hybridized carbons (Fsp3) is 0.296. The summed E-state index contributed by atoms with van der Waals surface area (Å²) in [6, 6.07) is 20.8. The van der Waals surface area contributed by atoms with E-state index >= 15 is 17.6 Å². The van der Waals surface area contributed by atoms with Gasteiger partial charge in [0.1, 0.15) is 11.4 Å². The highest BCUT2D eigenvalue weighted by Crippen LogP contribution is 2.47. The summed E-state index contributed by atoms with van der Waals surface area (Å²) in [7, 11) is 3.17. The zero-order valence-corrected chi connectivity index (χ0v) is 39.1. The molecule has 356 valence electrons. The van der Waals surface area contributed by atoms with Crippen molar-refractivity contribution in [1.82, 2.24) is 24.7 Å². The van der Waals surface area contributed by atoms with Crippen molar-refractivity contribution in [3.8, 4) is 23.7 Å². The molecule has 2 fully saturated rings. The summed E-state index contributed by atoms with van der Waals surface area (Å²) >= 11 is 0. The number of aromatic nitrogens is 4. The number of nitrogens with one attached hydrogen (secondary N) is 1. The van der Waals surface area contributed by atoms with Crippen LogP contribution in [-0.2, 0) is 46.6 Å². The van der Waals surface area contributed by atoms with E-state index in [-0.39, 0.29) is 24.0 Å². The Labute approximate surface area is 402 Å². The molecule has 6 aromatic rings. The van der Waals surface area contributed by atoms with Crippen molar-refractivity contribution in [2.75, 3.05) is 23.9 Å². The molecule has 4 heterocycles. The molecule has 2 aliphatic carbocycles. The summed E-state index contributed by atoms with van der Waals surface area (Å²) < 4.78 is 64.3. The van der Waals surface area contributed by atoms with Crippen LogP contribution in [0.1, 0.15) is 97.1 Å². The smallest absolute Gasteiger partial charge is 0.317 e. The molecule has 6 amide bonds. The molecule has 0 saturated carbocycles. The molecule has 16 heteroatoms. The van der Waals surface area contributed by atoms with Crippen LogP contribution >= 0.6 is 0 Å². The van der Waals surface area contributed by atoms with E-state index < -0.39 is 69.6 Å². The highest BCUT2D eigenvalue weighted by molar-refractivity contribution is 6.17. The van der Waals surface area contributed by atoms with E-state index in [9.17, 15) is 19.2 Å². The minimum atomic E-state index is -1.02. The summed E-state index contributed by atoms with van der Waals surface area (Å²) in [4.78, 5) is 57.6. The van der Waals surface area contributed by atoms with Gasteiger partial charge in [0.2, 0.25) is 17.5 Å². The Hall–Kier alpha value is -7.98. The van der Waals surface area contributed by atoms with Gasteiger partial charge in [0.05, 0.1) is 41.4 Å². The molecule has 0 bridgehead atoms. The molecule has 12 nitrogen and oxygen atoms in total. The number of rotatable bonds is 4. The largest absolute Gasteiger partial charge is 0.332 e. The number of aromatic amines is 1. The van der Waals surface area contributed by atoms with Crippen LogP contribution in [0, 0.1) is 47.0 Å². The van der Waals surface area contributed by atoms with Gasteiger partial charge in [-0.25, -0.2) is 37.0 Å². The first-order chi connectivity index (χ1) is 33.7. The lowest BCUT2D eigenvalue weighted by molar-refractivity contribution is -0.754. The Bertz CT molecular complexity index is 3000. The van der Waals surface area contributed by atoms with Crippen molar-refractivity contribution in [3.05, 3.63) is 165 Å². The van der Waals surface area contributed by atoms with Crippen LogP contribution in [0.4, 0.5) is 38.5 Å². The molecule has 0 radical (unpaired) electrons. The molecule has 4 aromatic carbocycles. The lowest BCUT2D eigenvalue weighted by atomic mass is 9.75. The topological polar surface area (TPSA) is 119 Å². The molecule has 2 aliphatic heterocycles. The van der Waals surface area contributed by atoms with Crippen LogP contribution in [0.3, 0.4) is 0 Å². The molecular weight excluding hydrogens is 901 g/mol. The lowest BCUT2D eigenvalue weighted by Gasteiger charge is -2.49. The zero-order valence-electron chi connectivity index (χ0n) is 39.1. The normalized spacial score (nSPS) is 19.5. The van der Waals surface area contributed by atoms with Crippen molar-refractivity contribution >= 4 is 35.3 Å². The van der Waals surface area contributed by atoms with Crippen LogP contribution in [-0.4, -0.2) is 62.7 Å². The number of hydrogen-bond acceptors (Lipinski definition) is 5. The fourth-order valence-electron chi connectivity index (χ4n) is 10.3. The third-order valence-electron chi connectivity index (χ3n) is 13.8. The Morgan fingerprint density at radius 1 is 0.629 bits per heavy atom. The van der Waals surface area contributed by atoms with Gasteiger partial charge in [0.15, 0.2) is 29.8 Å². The minimum absolute atomic E-state index is 0.0573. The molecule has 2 atom stereocenters. The first kappa shape index (κ1) is 47.1. The van der Waals surface area contributed by atoms with Gasteiger partial charge < -0.3 is 9.80 Å². The Morgan fingerprint density at radius 2 is 1.07 bits per heavy atom. The number of carbonyl (C=O) groups is 4. The van der Waals surface area contributed by atoms with Gasteiger partial charge in [-0.2, -0.15) is 10.2 Å². The number of fused-ring (bicyclic) bond motifs is 4. The maximum absolute atomic E-state index is 15.1. The fourth-order valence-corrected chi connectivity index (χ4v) is 10.3. The lowest BCUT2D eigenvalue weighted by Crippen LogP contribution is -2.62. The second-order valence-electron chi connectivity index (χ2n) is 17.8. The number of anilines is 2. The first-order valence-electron chi connectivity index (χ1n) is 23.2. The van der Waals surface area contributed by atoms with E-state index in [0.29, 0.717) is 40.3 Å². The van der Waals surface area contributed by atoms with Gasteiger partial charge in [-0.3, -0.25) is 14.3 Å². The summed E-state index contributed by atoms with van der Waals surface area (Å²) in [6.07, 6.45) is 7.92. The van der Waals surface area contributed by atoms with Crippen LogP contribution in [0.15, 0.2) is 97.3 Å². The summed E-state index contributed by atoms with van der Waals surface area (Å²) in [5.74, 6) is 5.83. The number of benzene rings is 4. The highest BCUT2D eigenvalue weighted by atomic mass is 19.1. The van der Waals surface area contributed by atoms with Crippen molar-refractivity contribution < 1.29 is 41.4 Å². The Balaban J connectivity index is 0.000000174. The molecule has 0 unspecified atom stereocenters. The van der Waals surface area contributed by atoms with Crippen LogP contribution in [0.2, 0.25) is 0 Å². The molecule has 1 N–H and O–H groups in total. The number of H-pyrrole nitrogens is 1. The highest BCUT2D eigenvalue weighted by Gasteiger charge is 2.55. The SMILES string of the molecule is CC[n+]1[nH]cc2c1CCC[C@]21CC(=O)N(c2c(F)cc(C#Cc3ccccc3)cc2F)C(=O)N1C.CCn1cc2c(n1)CCC[C@]21CC(=O)N(c2c(F)cc(C#Cc3ccccc3)cc2F)C(=O)N1C. The molecule has 10 rings (SSSR count). The van der Waals surface area contributed by atoms with Crippen molar-refractivity contribution in [1.29, 1.82) is 0 Å². The first-order valence-corrected chi connectivity index (χ1v) is 23.2. The molecule has 2 aromatic heterocycles. The summed E-state index contributed by atoms with van der Waals surface area (Å²) in [6.45, 7) is 5.38. The number of halogens is 4. The van der Waals surface area contributed by atoms with Gasteiger partial charge in [0.25, 0.3) is 0 Å². The van der Waals surface area contributed by atoms with E-state index in [1.807, 2.05) is 67.3 Å². The number of amides is 6. The monoisotopic (exact) mass is 949 g/mol. The maximum Gasteiger partial charge on any atom is 0.332 e. The minimum Gasteiger partial charge on any atom is -0.317 e. The van der Waals surface area contributed by atoms with Crippen molar-refractivity contribution in [2.24, 2.45) is 0 Å². The number of nitrogens with zero attached hydrogens (tertiary/aromatic N) is 7. The average Bonchev–Trinajstić information content (AvgIpc) is 4.00. The third kappa shape index (κ3) is 8.27. The van der Waals surface area contributed by atoms with E-state index in [2.05, 4.69) is 33.9 Å². The van der Waals surface area contributed by atoms with Gasteiger partial charge >= 0.3 is 12.1 Å². The predicted molar refractivity (Wildman–Crippen MR) is 252 cm³/mol. The van der Waals surface area contributed by atoms with E-state index in [0.717, 1.165) is 79.0 Å². The van der Waals surface area contributed by atoms with Crippen molar-refractivity contribution in [3.63, 3.8) is 0 Å². The second-order valence-corrected chi connectivity index (χ2v) is 17.8. The number of hydrogen-bond donors (Lipinski definition) is 1. The molecular formula is C54H49F4N8O4+. The van der Waals surface area contributed by atoms with Gasteiger partial charge in [-0.1, -0.05) is 60.1 Å². The standard InChI is InChI=1S/2C27H24F2N4O2/c1-3-32-17-20-23(30-32)10-7-13-27(20)16-24(34)33(26(35)31(27)2)25-21(28)14-19(15-22(25)29)12-11-18-8-5-4-6-9-18;1-3-32-23-10-7-13-27(20(23)17-30-32)16-24(34)33(26(35)31(27)2)25-21(28)14-19(15-22(25)29)12-11-18-8-5-4-6-9-18/h2*4-6,8-9,14-15,17H,3,7,10,13,16H2,1-2H3/p+1/t2*27-/m00/s1. The van der Waals surface area contributed by atoms with Gasteiger partial charge in [-0.05, 0) is 94.5 Å². The molecule has 70 heavy (non-hydrogen) atoms. The summed E-state index contributed by atoms with van der Waals surface area (Å²) in [5, 5.41) is 7.78. The number of carbonyl (C=O) groups excluding carboxylic acids is 4. The number of imide groups is 2. The van der Waals surface area contributed by atoms with Gasteiger partial charge in [0, 0.05) is 61.1 Å². The molecule has 2 spiro atoms. The summed E-state index contributed by atoms with van der Waals surface area (Å²) in [5.41, 5.74) is 2.20. The average molecular weight is 950 g/mol. The maximum atomic E-state index is 15.1. The third-order valence-corrected chi connectivity index (χ3v) is 13.8. The van der Waals surface area contributed by atoms with E-state index in [1.165, 1.54) is 9.80 Å². The molecule has 4 aliphatic rings. The Kier molecular flexibility index (Phi) is 12.7. The van der Waals surface area contributed by atoms with Crippen LogP contribution in [0.25, 0.3) is 0 Å². The van der Waals surface area contributed by atoms with E-state index in [1.54, 1.807) is 43.0 Å². The van der Waals surface area contributed by atoms with Crippen molar-refractivity contribution in [2.45, 2.75) is 89.4 Å². The Morgan fingerprint density at radius 3 is 1.53 bits per heavy atom. The van der Waals surface area contributed by atoms with Crippen LogP contribution in [0.5, 0.6) is 0 Å². The van der Waals surface area contributed by atoms with Crippen LogP contribution < -0.4 is 14.5 Å². The number of aryl methyl sites for hydroxylation is 3. The van der Waals surface area contributed by atoms with Gasteiger partial charge in [-0.15, -0.1) is 4.68 Å². The zero-order chi connectivity index (χ0) is 49.5. The second kappa shape index (κ2) is 18.8.